The normalized spacial score (nSPS) is 13.9. The number of aromatic nitrogens is 2. The Labute approximate surface area is 156 Å². The van der Waals surface area contributed by atoms with E-state index in [-0.39, 0.29) is 23.5 Å². The van der Waals surface area contributed by atoms with Gasteiger partial charge in [0, 0.05) is 32.3 Å². The molecule has 0 unspecified atom stereocenters. The molecule has 0 atom stereocenters. The summed E-state index contributed by atoms with van der Waals surface area (Å²) >= 11 is 0. The van der Waals surface area contributed by atoms with Crippen molar-refractivity contribution in [3.05, 3.63) is 61.3 Å². The Kier molecular flexibility index (Phi) is 5.01. The van der Waals surface area contributed by atoms with E-state index in [1.54, 1.807) is 0 Å². The maximum Gasteiger partial charge on any atom is 0.416 e. The van der Waals surface area contributed by atoms with Gasteiger partial charge in [0.1, 0.15) is 5.69 Å². The van der Waals surface area contributed by atoms with Crippen molar-refractivity contribution in [2.45, 2.75) is 38.5 Å². The second kappa shape index (κ2) is 7.13. The Bertz CT molecular complexity index is 1010. The van der Waals surface area contributed by atoms with Gasteiger partial charge in [-0.1, -0.05) is 0 Å². The summed E-state index contributed by atoms with van der Waals surface area (Å²) < 4.78 is 41.6. The van der Waals surface area contributed by atoms with E-state index in [0.29, 0.717) is 24.7 Å². The molecule has 0 aliphatic carbocycles. The minimum Gasteiger partial charge on any atom is -0.347 e. The highest BCUT2D eigenvalue weighted by Gasteiger charge is 2.33. The Balaban J connectivity index is 1.87. The van der Waals surface area contributed by atoms with Crippen molar-refractivity contribution in [1.29, 1.82) is 0 Å². The number of non-ortho nitro benzene ring substituents is 1. The molecule has 1 aliphatic rings. The maximum atomic E-state index is 13.0. The van der Waals surface area contributed by atoms with E-state index >= 15 is 0 Å². The number of carbonyl (C=O) groups is 1. The molecule has 1 aliphatic heterocycles. The molecule has 28 heavy (non-hydrogen) atoms. The molecule has 1 N–H and O–H groups in total. The van der Waals surface area contributed by atoms with E-state index in [1.165, 1.54) is 16.2 Å². The van der Waals surface area contributed by atoms with Gasteiger partial charge in [0.2, 0.25) is 0 Å². The molecule has 0 radical (unpaired) electrons. The highest BCUT2D eigenvalue weighted by molar-refractivity contribution is 5.93. The molecule has 3 rings (SSSR count). The summed E-state index contributed by atoms with van der Waals surface area (Å²) in [5, 5.41) is 13.4. The largest absolute Gasteiger partial charge is 0.416 e. The number of rotatable bonds is 4. The number of amides is 1. The first-order valence-electron chi connectivity index (χ1n) is 8.51. The van der Waals surface area contributed by atoms with Gasteiger partial charge in [-0.25, -0.2) is 4.79 Å². The van der Waals surface area contributed by atoms with Gasteiger partial charge in [0.05, 0.1) is 16.2 Å². The number of nitro groups is 1. The van der Waals surface area contributed by atoms with E-state index in [0.717, 1.165) is 25.0 Å². The van der Waals surface area contributed by atoms with Crippen LogP contribution in [0.15, 0.2) is 23.0 Å². The first-order chi connectivity index (χ1) is 13.1. The summed E-state index contributed by atoms with van der Waals surface area (Å²) in [5.74, 6) is -0.615. The lowest BCUT2D eigenvalue weighted by molar-refractivity contribution is -0.385. The lowest BCUT2D eigenvalue weighted by Gasteiger charge is -2.14. The predicted octanol–water partition coefficient (Wildman–Crippen LogP) is 2.38. The Morgan fingerprint density at radius 3 is 2.64 bits per heavy atom. The molecule has 150 valence electrons. The molecule has 8 nitrogen and oxygen atoms in total. The Morgan fingerprint density at radius 2 is 2.00 bits per heavy atom. The van der Waals surface area contributed by atoms with Gasteiger partial charge in [0.25, 0.3) is 11.6 Å². The van der Waals surface area contributed by atoms with Crippen molar-refractivity contribution >= 4 is 11.6 Å². The molecule has 2 heterocycles. The molecule has 1 amide bonds. The van der Waals surface area contributed by atoms with Crippen molar-refractivity contribution in [3.63, 3.8) is 0 Å². The van der Waals surface area contributed by atoms with Crippen LogP contribution in [0, 0.1) is 10.1 Å². The number of nitrogens with zero attached hydrogens (tertiary/aromatic N) is 3. The molecule has 1 aromatic carbocycles. The molecule has 0 saturated carbocycles. The molecule has 0 spiro atoms. The number of benzene rings is 1. The summed E-state index contributed by atoms with van der Waals surface area (Å²) in [4.78, 5) is 34.8. The smallest absolute Gasteiger partial charge is 0.347 e. The standard InChI is InChI=1S/C17H17F3N4O4/c1-22-14(13-4-2-3-5-23(13)16(22)26)15(25)21-9-10-6-11(17(18,19)20)8-12(7-10)24(27)28/h6-8H,2-5,9H2,1H3,(H,21,25). The fourth-order valence-corrected chi connectivity index (χ4v) is 3.35. The highest BCUT2D eigenvalue weighted by atomic mass is 19.4. The monoisotopic (exact) mass is 398 g/mol. The van der Waals surface area contributed by atoms with E-state index in [9.17, 15) is 32.9 Å². The van der Waals surface area contributed by atoms with Crippen LogP contribution in [-0.2, 0) is 32.7 Å². The summed E-state index contributed by atoms with van der Waals surface area (Å²) in [7, 11) is 1.46. The average Bonchev–Trinajstić information content (AvgIpc) is 2.90. The first kappa shape index (κ1) is 19.6. The second-order valence-electron chi connectivity index (χ2n) is 6.57. The van der Waals surface area contributed by atoms with Crippen LogP contribution in [-0.4, -0.2) is 20.0 Å². The van der Waals surface area contributed by atoms with Crippen LogP contribution in [0.2, 0.25) is 0 Å². The van der Waals surface area contributed by atoms with E-state index in [4.69, 9.17) is 0 Å². The number of hydrogen-bond donors (Lipinski definition) is 1. The van der Waals surface area contributed by atoms with Crippen LogP contribution in [0.4, 0.5) is 18.9 Å². The number of alkyl halides is 3. The average molecular weight is 398 g/mol. The number of nitrogens with one attached hydrogen (secondary N) is 1. The molecule has 1 aromatic heterocycles. The molecular weight excluding hydrogens is 381 g/mol. The minimum atomic E-state index is -4.75. The van der Waals surface area contributed by atoms with Crippen molar-refractivity contribution in [2.75, 3.05) is 0 Å². The number of fused-ring (bicyclic) bond motifs is 1. The number of hydrogen-bond acceptors (Lipinski definition) is 4. The summed E-state index contributed by atoms with van der Waals surface area (Å²) in [6.07, 6.45) is -2.56. The van der Waals surface area contributed by atoms with Gasteiger partial charge >= 0.3 is 11.9 Å². The van der Waals surface area contributed by atoms with E-state index < -0.39 is 28.3 Å². The van der Waals surface area contributed by atoms with Crippen molar-refractivity contribution < 1.29 is 22.9 Å². The lowest BCUT2D eigenvalue weighted by Crippen LogP contribution is -2.28. The molecule has 11 heteroatoms. The molecule has 0 saturated heterocycles. The van der Waals surface area contributed by atoms with Gasteiger partial charge in [-0.3, -0.25) is 24.0 Å². The van der Waals surface area contributed by atoms with Gasteiger partial charge in [0.15, 0.2) is 0 Å². The quantitative estimate of drug-likeness (QED) is 0.631. The van der Waals surface area contributed by atoms with Crippen LogP contribution in [0.1, 0.15) is 40.2 Å². The van der Waals surface area contributed by atoms with Gasteiger partial charge in [-0.15, -0.1) is 0 Å². The van der Waals surface area contributed by atoms with Gasteiger partial charge in [-0.2, -0.15) is 13.2 Å². The summed E-state index contributed by atoms with van der Waals surface area (Å²) in [6, 6.07) is 2.17. The zero-order chi connectivity index (χ0) is 20.6. The summed E-state index contributed by atoms with van der Waals surface area (Å²) in [6.45, 7) is 0.164. The third-order valence-corrected chi connectivity index (χ3v) is 4.68. The number of imidazole rings is 1. The zero-order valence-corrected chi connectivity index (χ0v) is 14.9. The third kappa shape index (κ3) is 3.64. The van der Waals surface area contributed by atoms with Crippen molar-refractivity contribution in [3.8, 4) is 0 Å². The maximum absolute atomic E-state index is 13.0. The van der Waals surface area contributed by atoms with Crippen LogP contribution in [0.3, 0.4) is 0 Å². The fraction of sp³-hybridized carbons (Fsp3) is 0.412. The topological polar surface area (TPSA) is 99.2 Å². The van der Waals surface area contributed by atoms with Crippen molar-refractivity contribution in [1.82, 2.24) is 14.5 Å². The Hall–Kier alpha value is -3.11. The van der Waals surface area contributed by atoms with E-state index in [2.05, 4.69) is 5.32 Å². The number of nitro benzene ring substituents is 1. The van der Waals surface area contributed by atoms with Gasteiger partial charge in [-0.05, 0) is 30.9 Å². The second-order valence-corrected chi connectivity index (χ2v) is 6.57. The molecule has 0 fully saturated rings. The highest BCUT2D eigenvalue weighted by Crippen LogP contribution is 2.32. The fourth-order valence-electron chi connectivity index (χ4n) is 3.35. The van der Waals surface area contributed by atoms with Gasteiger partial charge < -0.3 is 5.32 Å². The first-order valence-corrected chi connectivity index (χ1v) is 8.51. The van der Waals surface area contributed by atoms with Crippen LogP contribution in [0.5, 0.6) is 0 Å². The third-order valence-electron chi connectivity index (χ3n) is 4.68. The summed E-state index contributed by atoms with van der Waals surface area (Å²) in [5.41, 5.74) is -1.52. The van der Waals surface area contributed by atoms with Crippen molar-refractivity contribution in [2.24, 2.45) is 7.05 Å². The molecular formula is C17H17F3N4O4. The minimum absolute atomic E-state index is 0.0621. The zero-order valence-electron chi connectivity index (χ0n) is 14.9. The number of carbonyl (C=O) groups excluding carboxylic acids is 1. The van der Waals surface area contributed by atoms with E-state index in [1.807, 2.05) is 0 Å². The molecule has 0 bridgehead atoms. The van der Waals surface area contributed by atoms with Crippen LogP contribution >= 0.6 is 0 Å². The predicted molar refractivity (Wildman–Crippen MR) is 91.9 cm³/mol. The lowest BCUT2D eigenvalue weighted by atomic mass is 10.1. The van der Waals surface area contributed by atoms with Crippen LogP contribution < -0.4 is 11.0 Å². The number of halogens is 3. The molecule has 2 aromatic rings. The van der Waals surface area contributed by atoms with Crippen LogP contribution in [0.25, 0.3) is 0 Å². The Morgan fingerprint density at radius 1 is 1.29 bits per heavy atom. The SMILES string of the molecule is Cn1c(C(=O)NCc2cc([N+](=O)[O-])cc(C(F)(F)F)c2)c2n(c1=O)CCCC2.